The summed E-state index contributed by atoms with van der Waals surface area (Å²) in [4.78, 5) is 16.9. The molecule has 1 N–H and O–H groups in total. The fourth-order valence-electron chi connectivity index (χ4n) is 2.83. The highest BCUT2D eigenvalue weighted by molar-refractivity contribution is 5.45. The monoisotopic (exact) mass is 276 g/mol. The van der Waals surface area contributed by atoms with Crippen LogP contribution in [0.2, 0.25) is 0 Å². The number of nitro groups is 1. The number of piperidine rings is 1. The molecule has 0 amide bonds. The maximum Gasteiger partial charge on any atom is 0.287 e. The van der Waals surface area contributed by atoms with Gasteiger partial charge < -0.3 is 10.2 Å². The zero-order valence-electron chi connectivity index (χ0n) is 11.5. The summed E-state index contributed by atoms with van der Waals surface area (Å²) in [6, 6.07) is 3.91. The molecule has 1 aliphatic carbocycles. The van der Waals surface area contributed by atoms with Crippen LogP contribution < -0.4 is 10.2 Å². The molecule has 2 fully saturated rings. The van der Waals surface area contributed by atoms with Crippen LogP contribution in [0.4, 0.5) is 11.5 Å². The zero-order chi connectivity index (χ0) is 13.9. The molecule has 1 unspecified atom stereocenters. The van der Waals surface area contributed by atoms with Crippen LogP contribution in [0.1, 0.15) is 25.7 Å². The summed E-state index contributed by atoms with van der Waals surface area (Å²) in [5, 5.41) is 14.1. The van der Waals surface area contributed by atoms with E-state index in [-0.39, 0.29) is 5.69 Å². The van der Waals surface area contributed by atoms with Crippen molar-refractivity contribution in [1.82, 2.24) is 10.3 Å². The Morgan fingerprint density at radius 2 is 2.25 bits per heavy atom. The molecule has 0 spiro atoms. The molecular weight excluding hydrogens is 256 g/mol. The van der Waals surface area contributed by atoms with E-state index in [2.05, 4.69) is 15.2 Å². The van der Waals surface area contributed by atoms with Crippen LogP contribution >= 0.6 is 0 Å². The van der Waals surface area contributed by atoms with Crippen LogP contribution in [0.5, 0.6) is 0 Å². The zero-order valence-corrected chi connectivity index (χ0v) is 11.5. The molecule has 1 aromatic heterocycles. The first kappa shape index (κ1) is 13.3. The molecule has 3 rings (SSSR count). The number of nitrogens with zero attached hydrogens (tertiary/aromatic N) is 3. The van der Waals surface area contributed by atoms with Crippen LogP contribution in [0.25, 0.3) is 0 Å². The summed E-state index contributed by atoms with van der Waals surface area (Å²) in [5.41, 5.74) is 0.0591. The Hall–Kier alpha value is -1.69. The van der Waals surface area contributed by atoms with Gasteiger partial charge in [0.2, 0.25) is 0 Å². The van der Waals surface area contributed by atoms with Gasteiger partial charge >= 0.3 is 0 Å². The van der Waals surface area contributed by atoms with Crippen molar-refractivity contribution in [1.29, 1.82) is 0 Å². The van der Waals surface area contributed by atoms with E-state index in [4.69, 9.17) is 0 Å². The maximum atomic E-state index is 10.7. The lowest BCUT2D eigenvalue weighted by Crippen LogP contribution is -2.39. The maximum absolute atomic E-state index is 10.7. The quantitative estimate of drug-likeness (QED) is 0.657. The van der Waals surface area contributed by atoms with Gasteiger partial charge in [-0.2, -0.15) is 0 Å². The average molecular weight is 276 g/mol. The smallest absolute Gasteiger partial charge is 0.287 e. The van der Waals surface area contributed by atoms with E-state index in [1.165, 1.54) is 31.9 Å². The van der Waals surface area contributed by atoms with E-state index >= 15 is 0 Å². The summed E-state index contributed by atoms with van der Waals surface area (Å²) in [5.74, 6) is 1.53. The van der Waals surface area contributed by atoms with Crippen LogP contribution in [-0.2, 0) is 0 Å². The van der Waals surface area contributed by atoms with Crippen molar-refractivity contribution >= 4 is 11.5 Å². The summed E-state index contributed by atoms with van der Waals surface area (Å²) < 4.78 is 0. The molecule has 1 aliphatic heterocycles. The molecule has 0 radical (unpaired) electrons. The summed E-state index contributed by atoms with van der Waals surface area (Å²) in [7, 11) is 0. The lowest BCUT2D eigenvalue weighted by atomic mass is 9.99. The van der Waals surface area contributed by atoms with Gasteiger partial charge in [-0.05, 0) is 50.8 Å². The van der Waals surface area contributed by atoms with Crippen LogP contribution in [0.3, 0.4) is 0 Å². The Labute approximate surface area is 118 Å². The highest BCUT2D eigenvalue weighted by Gasteiger charge is 2.32. The molecule has 1 saturated carbocycles. The standard InChI is InChI=1S/C14H20N4O2/c19-18(20)13-5-6-14(16-9-13)17(12-3-4-12)10-11-2-1-7-15-8-11/h5-6,9,11-12,15H,1-4,7-8,10H2. The van der Waals surface area contributed by atoms with Crippen LogP contribution in [0.15, 0.2) is 18.3 Å². The van der Waals surface area contributed by atoms with E-state index < -0.39 is 4.92 Å². The van der Waals surface area contributed by atoms with Crippen molar-refractivity contribution in [2.75, 3.05) is 24.5 Å². The Morgan fingerprint density at radius 1 is 1.40 bits per heavy atom. The summed E-state index contributed by atoms with van der Waals surface area (Å²) in [6.45, 7) is 3.19. The SMILES string of the molecule is O=[N+]([O-])c1ccc(N(CC2CCCNC2)C2CC2)nc1. The Bertz CT molecular complexity index is 467. The van der Waals surface area contributed by atoms with Crippen molar-refractivity contribution in [3.63, 3.8) is 0 Å². The lowest BCUT2D eigenvalue weighted by Gasteiger charge is -2.31. The van der Waals surface area contributed by atoms with Gasteiger partial charge in [-0.3, -0.25) is 10.1 Å². The van der Waals surface area contributed by atoms with Crippen molar-refractivity contribution in [2.45, 2.75) is 31.7 Å². The summed E-state index contributed by atoms with van der Waals surface area (Å²) >= 11 is 0. The Kier molecular flexibility index (Phi) is 3.82. The van der Waals surface area contributed by atoms with Gasteiger partial charge in [0.25, 0.3) is 5.69 Å². The molecule has 0 bridgehead atoms. The molecule has 2 aliphatic rings. The molecular formula is C14H20N4O2. The minimum absolute atomic E-state index is 0.0591. The topological polar surface area (TPSA) is 71.3 Å². The minimum atomic E-state index is -0.400. The average Bonchev–Trinajstić information content (AvgIpc) is 3.30. The van der Waals surface area contributed by atoms with Gasteiger partial charge in [-0.1, -0.05) is 0 Å². The first-order valence-electron chi connectivity index (χ1n) is 7.32. The second-order valence-electron chi connectivity index (χ2n) is 5.73. The van der Waals surface area contributed by atoms with Crippen molar-refractivity contribution < 1.29 is 4.92 Å². The fraction of sp³-hybridized carbons (Fsp3) is 0.643. The number of anilines is 1. The molecule has 1 aromatic rings. The second kappa shape index (κ2) is 5.75. The van der Waals surface area contributed by atoms with Crippen molar-refractivity contribution in [3.05, 3.63) is 28.4 Å². The first-order chi connectivity index (χ1) is 9.74. The third-order valence-electron chi connectivity index (χ3n) is 4.08. The van der Waals surface area contributed by atoms with E-state index in [1.54, 1.807) is 12.1 Å². The Morgan fingerprint density at radius 3 is 2.80 bits per heavy atom. The molecule has 1 atom stereocenters. The fourth-order valence-corrected chi connectivity index (χ4v) is 2.83. The number of pyridine rings is 1. The molecule has 0 aromatic carbocycles. The van der Waals surface area contributed by atoms with Crippen LogP contribution in [-0.4, -0.2) is 35.6 Å². The van der Waals surface area contributed by atoms with Gasteiger partial charge in [-0.25, -0.2) is 4.98 Å². The van der Waals surface area contributed by atoms with E-state index in [9.17, 15) is 10.1 Å². The predicted molar refractivity (Wildman–Crippen MR) is 76.9 cm³/mol. The molecule has 6 heteroatoms. The van der Waals surface area contributed by atoms with Crippen molar-refractivity contribution in [2.24, 2.45) is 5.92 Å². The predicted octanol–water partition coefficient (Wildman–Crippen LogP) is 1.96. The van der Waals surface area contributed by atoms with E-state index in [0.29, 0.717) is 12.0 Å². The van der Waals surface area contributed by atoms with Gasteiger partial charge in [-0.15, -0.1) is 0 Å². The third kappa shape index (κ3) is 3.07. The number of nitrogens with one attached hydrogen (secondary N) is 1. The first-order valence-corrected chi connectivity index (χ1v) is 7.32. The molecule has 20 heavy (non-hydrogen) atoms. The van der Waals surface area contributed by atoms with Gasteiger partial charge in [0.05, 0.1) is 4.92 Å². The number of aromatic nitrogens is 1. The number of rotatable bonds is 5. The van der Waals surface area contributed by atoms with E-state index in [0.717, 1.165) is 25.5 Å². The van der Waals surface area contributed by atoms with Gasteiger partial charge in [0.1, 0.15) is 12.0 Å². The molecule has 6 nitrogen and oxygen atoms in total. The normalized spacial score (nSPS) is 22.5. The van der Waals surface area contributed by atoms with E-state index in [1.807, 2.05) is 0 Å². The number of hydrogen-bond acceptors (Lipinski definition) is 5. The summed E-state index contributed by atoms with van der Waals surface area (Å²) in [6.07, 6.45) is 6.27. The Balaban J connectivity index is 1.71. The highest BCUT2D eigenvalue weighted by atomic mass is 16.6. The van der Waals surface area contributed by atoms with Crippen LogP contribution in [0, 0.1) is 16.0 Å². The van der Waals surface area contributed by atoms with Crippen molar-refractivity contribution in [3.8, 4) is 0 Å². The lowest BCUT2D eigenvalue weighted by molar-refractivity contribution is -0.385. The van der Waals surface area contributed by atoms with Gasteiger partial charge in [0, 0.05) is 18.7 Å². The van der Waals surface area contributed by atoms with Gasteiger partial charge in [0.15, 0.2) is 0 Å². The highest BCUT2D eigenvalue weighted by Crippen LogP contribution is 2.32. The number of hydrogen-bond donors (Lipinski definition) is 1. The molecule has 108 valence electrons. The largest absolute Gasteiger partial charge is 0.353 e. The minimum Gasteiger partial charge on any atom is -0.353 e. The third-order valence-corrected chi connectivity index (χ3v) is 4.08. The molecule has 2 heterocycles. The molecule has 1 saturated heterocycles. The second-order valence-corrected chi connectivity index (χ2v) is 5.73.